The third-order valence-electron chi connectivity index (χ3n) is 2.87. The highest BCUT2D eigenvalue weighted by atomic mass is 16.4. The van der Waals surface area contributed by atoms with E-state index >= 15 is 0 Å². The van der Waals surface area contributed by atoms with Gasteiger partial charge < -0.3 is 15.1 Å². The largest absolute Gasteiger partial charge is 0.421 e. The van der Waals surface area contributed by atoms with Gasteiger partial charge in [0.25, 0.3) is 0 Å². The van der Waals surface area contributed by atoms with E-state index < -0.39 is 0 Å². The quantitative estimate of drug-likeness (QED) is 0.665. The van der Waals surface area contributed by atoms with Crippen LogP contribution < -0.4 is 10.6 Å². The summed E-state index contributed by atoms with van der Waals surface area (Å²) >= 11 is 0. The highest BCUT2D eigenvalue weighted by molar-refractivity contribution is 5.88. The van der Waals surface area contributed by atoms with Gasteiger partial charge in [0.05, 0.1) is 11.9 Å². The first kappa shape index (κ1) is 13.8. The van der Waals surface area contributed by atoms with E-state index in [9.17, 15) is 4.79 Å². The number of benzene rings is 1. The summed E-state index contributed by atoms with van der Waals surface area (Å²) in [4.78, 5) is 11.6. The Hall–Kier alpha value is -3.16. The van der Waals surface area contributed by atoms with Crippen LogP contribution in [0.25, 0.3) is 11.5 Å². The predicted octanol–water partition coefficient (Wildman–Crippen LogP) is 1.82. The third kappa shape index (κ3) is 3.48. The van der Waals surface area contributed by atoms with Crippen LogP contribution in [-0.2, 0) is 6.42 Å². The number of rotatable bonds is 5. The zero-order valence-corrected chi connectivity index (χ0v) is 11.6. The average molecular weight is 298 g/mol. The molecule has 2 aromatic heterocycles. The lowest BCUT2D eigenvalue weighted by Gasteiger charge is -2.03. The normalized spacial score (nSPS) is 10.4. The molecule has 1 aromatic carbocycles. The molecule has 2 amide bonds. The van der Waals surface area contributed by atoms with Crippen molar-refractivity contribution in [2.24, 2.45) is 0 Å². The van der Waals surface area contributed by atoms with Crippen molar-refractivity contribution < 1.29 is 9.21 Å². The number of aromatic nitrogens is 4. The van der Waals surface area contributed by atoms with Gasteiger partial charge in [-0.15, -0.1) is 10.2 Å². The number of carbonyl (C=O) groups excluding carboxylic acids is 1. The van der Waals surface area contributed by atoms with E-state index in [1.807, 2.05) is 30.3 Å². The van der Waals surface area contributed by atoms with Gasteiger partial charge in [-0.2, -0.15) is 5.10 Å². The van der Waals surface area contributed by atoms with Crippen molar-refractivity contribution in [3.05, 3.63) is 48.6 Å². The minimum absolute atomic E-state index is 0.316. The maximum atomic E-state index is 11.6. The summed E-state index contributed by atoms with van der Waals surface area (Å²) in [6, 6.07) is 9.21. The van der Waals surface area contributed by atoms with E-state index in [2.05, 4.69) is 31.0 Å². The number of aromatic amines is 1. The van der Waals surface area contributed by atoms with Gasteiger partial charge in [0, 0.05) is 24.7 Å². The van der Waals surface area contributed by atoms with Crippen LogP contribution in [0.5, 0.6) is 0 Å². The molecule has 0 aliphatic carbocycles. The van der Waals surface area contributed by atoms with E-state index in [0.717, 1.165) is 5.56 Å². The van der Waals surface area contributed by atoms with Crippen molar-refractivity contribution in [1.82, 2.24) is 25.7 Å². The highest BCUT2D eigenvalue weighted by Crippen LogP contribution is 2.16. The smallest absolute Gasteiger partial charge is 0.319 e. The molecule has 0 aliphatic rings. The molecule has 8 heteroatoms. The summed E-state index contributed by atoms with van der Waals surface area (Å²) in [7, 11) is 0. The zero-order valence-electron chi connectivity index (χ0n) is 11.6. The topological polar surface area (TPSA) is 109 Å². The Bertz CT molecular complexity index is 723. The zero-order chi connectivity index (χ0) is 15.2. The molecule has 3 rings (SSSR count). The van der Waals surface area contributed by atoms with Gasteiger partial charge in [-0.05, 0) is 12.1 Å². The van der Waals surface area contributed by atoms with Gasteiger partial charge in [-0.25, -0.2) is 4.79 Å². The van der Waals surface area contributed by atoms with Crippen LogP contribution in [0.1, 0.15) is 5.89 Å². The fourth-order valence-electron chi connectivity index (χ4n) is 1.83. The molecular weight excluding hydrogens is 284 g/mol. The minimum Gasteiger partial charge on any atom is -0.421 e. The number of hydrogen-bond donors (Lipinski definition) is 3. The van der Waals surface area contributed by atoms with Crippen LogP contribution in [0, 0.1) is 0 Å². The monoisotopic (exact) mass is 298 g/mol. The van der Waals surface area contributed by atoms with Crippen LogP contribution in [0.4, 0.5) is 10.5 Å². The molecule has 112 valence electrons. The predicted molar refractivity (Wildman–Crippen MR) is 79.0 cm³/mol. The summed E-state index contributed by atoms with van der Waals surface area (Å²) in [5, 5.41) is 19.6. The highest BCUT2D eigenvalue weighted by Gasteiger charge is 2.08. The molecule has 2 heterocycles. The molecule has 22 heavy (non-hydrogen) atoms. The molecule has 0 spiro atoms. The van der Waals surface area contributed by atoms with Gasteiger partial charge in [0.15, 0.2) is 0 Å². The lowest BCUT2D eigenvalue weighted by atomic mass is 10.2. The van der Waals surface area contributed by atoms with Crippen molar-refractivity contribution in [2.75, 3.05) is 11.9 Å². The Morgan fingerprint density at radius 3 is 2.86 bits per heavy atom. The number of amides is 2. The number of carbonyl (C=O) groups is 1. The fraction of sp³-hybridized carbons (Fsp3) is 0.143. The second-order valence-corrected chi connectivity index (χ2v) is 4.48. The van der Waals surface area contributed by atoms with Gasteiger partial charge in [-0.3, -0.25) is 5.10 Å². The molecule has 0 atom stereocenters. The molecule has 0 saturated heterocycles. The van der Waals surface area contributed by atoms with Crippen molar-refractivity contribution in [1.29, 1.82) is 0 Å². The first-order valence-corrected chi connectivity index (χ1v) is 6.73. The lowest BCUT2D eigenvalue weighted by molar-refractivity contribution is 0.252. The van der Waals surface area contributed by atoms with Crippen molar-refractivity contribution >= 4 is 11.7 Å². The third-order valence-corrected chi connectivity index (χ3v) is 2.87. The molecule has 0 bridgehead atoms. The number of anilines is 1. The molecule has 3 aromatic rings. The van der Waals surface area contributed by atoms with E-state index in [4.69, 9.17) is 4.42 Å². The van der Waals surface area contributed by atoms with Gasteiger partial charge in [-0.1, -0.05) is 18.2 Å². The van der Waals surface area contributed by atoms with E-state index in [-0.39, 0.29) is 6.03 Å². The number of urea groups is 1. The summed E-state index contributed by atoms with van der Waals surface area (Å²) in [6.45, 7) is 0.389. The summed E-state index contributed by atoms with van der Waals surface area (Å²) < 4.78 is 5.55. The average Bonchev–Trinajstić information content (AvgIpc) is 3.20. The van der Waals surface area contributed by atoms with Crippen LogP contribution in [0.2, 0.25) is 0 Å². The van der Waals surface area contributed by atoms with Gasteiger partial charge in [0.1, 0.15) is 0 Å². The minimum atomic E-state index is -0.316. The first-order valence-electron chi connectivity index (χ1n) is 6.73. The Labute approximate surface area is 126 Å². The van der Waals surface area contributed by atoms with Crippen molar-refractivity contribution in [3.63, 3.8) is 0 Å². The second-order valence-electron chi connectivity index (χ2n) is 4.48. The lowest BCUT2D eigenvalue weighted by Crippen LogP contribution is -2.30. The molecule has 0 saturated carbocycles. The standard InChI is InChI=1S/C14H14N6O2/c21-14(18-11-8-16-17-9-11)15-7-6-12-19-20-13(22-12)10-4-2-1-3-5-10/h1-5,8-9H,6-7H2,(H,16,17)(H2,15,18,21). The summed E-state index contributed by atoms with van der Waals surface area (Å²) in [6.07, 6.45) is 3.56. The molecule has 0 fully saturated rings. The van der Waals surface area contributed by atoms with E-state index in [0.29, 0.717) is 30.4 Å². The van der Waals surface area contributed by atoms with Gasteiger partial charge in [0.2, 0.25) is 11.8 Å². The molecule has 0 radical (unpaired) electrons. The Morgan fingerprint density at radius 2 is 2.09 bits per heavy atom. The van der Waals surface area contributed by atoms with Crippen LogP contribution in [0.3, 0.4) is 0 Å². The summed E-state index contributed by atoms with van der Waals surface area (Å²) in [5.41, 5.74) is 1.47. The molecule has 0 aliphatic heterocycles. The first-order chi connectivity index (χ1) is 10.8. The second kappa shape index (κ2) is 6.53. The number of nitrogens with one attached hydrogen (secondary N) is 3. The van der Waals surface area contributed by atoms with E-state index in [1.54, 1.807) is 6.20 Å². The van der Waals surface area contributed by atoms with Crippen molar-refractivity contribution in [3.8, 4) is 11.5 Å². The van der Waals surface area contributed by atoms with Crippen LogP contribution in [0.15, 0.2) is 47.1 Å². The summed E-state index contributed by atoms with van der Waals surface area (Å²) in [5.74, 6) is 0.945. The number of nitrogens with zero attached hydrogens (tertiary/aromatic N) is 3. The Morgan fingerprint density at radius 1 is 1.23 bits per heavy atom. The van der Waals surface area contributed by atoms with E-state index in [1.165, 1.54) is 6.20 Å². The van der Waals surface area contributed by atoms with Gasteiger partial charge >= 0.3 is 6.03 Å². The molecule has 8 nitrogen and oxygen atoms in total. The Kier molecular flexibility index (Phi) is 4.10. The fourth-order valence-corrected chi connectivity index (χ4v) is 1.83. The maximum absolute atomic E-state index is 11.6. The SMILES string of the molecule is O=C(NCCc1nnc(-c2ccccc2)o1)Nc1cn[nH]c1. The Balaban J connectivity index is 1.48. The molecule has 0 unspecified atom stereocenters. The maximum Gasteiger partial charge on any atom is 0.319 e. The number of hydrogen-bond acceptors (Lipinski definition) is 5. The van der Waals surface area contributed by atoms with Crippen LogP contribution in [-0.4, -0.2) is 33.0 Å². The molecular formula is C14H14N6O2. The number of H-pyrrole nitrogens is 1. The van der Waals surface area contributed by atoms with Crippen LogP contribution >= 0.6 is 0 Å². The molecule has 3 N–H and O–H groups in total. The van der Waals surface area contributed by atoms with Crippen molar-refractivity contribution in [2.45, 2.75) is 6.42 Å².